The van der Waals surface area contributed by atoms with E-state index in [4.69, 9.17) is 0 Å². The third-order valence-corrected chi connectivity index (χ3v) is 5.82. The van der Waals surface area contributed by atoms with Crippen molar-refractivity contribution in [3.05, 3.63) is 82.6 Å². The fourth-order valence-electron chi connectivity index (χ4n) is 2.24. The molecule has 0 spiro atoms. The van der Waals surface area contributed by atoms with Crippen molar-refractivity contribution >= 4 is 31.9 Å². The summed E-state index contributed by atoms with van der Waals surface area (Å²) in [6, 6.07) is 14.8. The molecule has 0 radical (unpaired) electrons. The van der Waals surface area contributed by atoms with E-state index >= 15 is 0 Å². The van der Waals surface area contributed by atoms with Crippen molar-refractivity contribution in [1.82, 2.24) is 14.5 Å². The molecule has 128 valence electrons. The van der Waals surface area contributed by atoms with Gasteiger partial charge < -0.3 is 0 Å². The molecule has 2 aromatic carbocycles. The topological polar surface area (TPSA) is 81.1 Å². The molecule has 1 aromatic heterocycles. The van der Waals surface area contributed by atoms with Gasteiger partial charge in [-0.25, -0.2) is 13.1 Å². The fraction of sp³-hybridized carbons (Fsp3) is 0.0588. The quantitative estimate of drug-likeness (QED) is 0.689. The van der Waals surface area contributed by atoms with Crippen molar-refractivity contribution in [2.24, 2.45) is 0 Å². The zero-order valence-electron chi connectivity index (χ0n) is 13.0. The molecular weight excluding hydrogens is 406 g/mol. The number of aromatic nitrogens is 2. The molecule has 0 atom stereocenters. The second kappa shape index (κ2) is 7.20. The third-order valence-electron chi connectivity index (χ3n) is 3.47. The van der Waals surface area contributed by atoms with Crippen LogP contribution < -0.4 is 4.72 Å². The Morgan fingerprint density at radius 3 is 2.44 bits per heavy atom. The van der Waals surface area contributed by atoms with Crippen molar-refractivity contribution in [2.75, 3.05) is 0 Å². The lowest BCUT2D eigenvalue weighted by molar-refractivity contribution is 0.0981. The second-order valence-electron chi connectivity index (χ2n) is 5.27. The van der Waals surface area contributed by atoms with Crippen LogP contribution in [0.1, 0.15) is 15.9 Å². The first kappa shape index (κ1) is 17.4. The van der Waals surface area contributed by atoms with Gasteiger partial charge in [-0.2, -0.15) is 5.10 Å². The first-order valence-electron chi connectivity index (χ1n) is 7.34. The molecule has 0 saturated carbocycles. The Morgan fingerprint density at radius 2 is 1.80 bits per heavy atom. The number of rotatable bonds is 5. The Morgan fingerprint density at radius 1 is 1.08 bits per heavy atom. The molecule has 8 heteroatoms. The number of nitrogens with zero attached hydrogens (tertiary/aromatic N) is 2. The standard InChI is InChI=1S/C17H14BrN3O3S/c18-15-4-1-2-5-16(15)25(23,24)20-17(22)14-8-6-13(7-9-14)12-21-11-3-10-19-21/h1-11H,12H2,(H,20,22). The van der Waals surface area contributed by atoms with E-state index in [1.807, 2.05) is 12.3 Å². The van der Waals surface area contributed by atoms with Gasteiger partial charge in [0.15, 0.2) is 0 Å². The minimum Gasteiger partial charge on any atom is -0.268 e. The van der Waals surface area contributed by atoms with Gasteiger partial charge in [0, 0.05) is 22.4 Å². The van der Waals surface area contributed by atoms with E-state index in [9.17, 15) is 13.2 Å². The Labute approximate surface area is 153 Å². The molecule has 0 bridgehead atoms. The number of hydrogen-bond acceptors (Lipinski definition) is 4. The van der Waals surface area contributed by atoms with Gasteiger partial charge in [0.05, 0.1) is 6.54 Å². The van der Waals surface area contributed by atoms with E-state index in [-0.39, 0.29) is 10.5 Å². The summed E-state index contributed by atoms with van der Waals surface area (Å²) >= 11 is 3.18. The summed E-state index contributed by atoms with van der Waals surface area (Å²) in [6.45, 7) is 0.574. The number of amides is 1. The van der Waals surface area contributed by atoms with Crippen LogP contribution in [0.15, 0.2) is 76.4 Å². The molecule has 25 heavy (non-hydrogen) atoms. The van der Waals surface area contributed by atoms with Crippen molar-refractivity contribution < 1.29 is 13.2 Å². The summed E-state index contributed by atoms with van der Waals surface area (Å²) in [4.78, 5) is 12.3. The maximum absolute atomic E-state index is 12.3. The van der Waals surface area contributed by atoms with Gasteiger partial charge in [-0.15, -0.1) is 0 Å². The van der Waals surface area contributed by atoms with E-state index < -0.39 is 15.9 Å². The largest absolute Gasteiger partial charge is 0.268 e. The van der Waals surface area contributed by atoms with Gasteiger partial charge in [0.1, 0.15) is 4.90 Å². The average Bonchev–Trinajstić information content (AvgIpc) is 3.08. The minimum atomic E-state index is -3.95. The Bertz CT molecular complexity index is 984. The van der Waals surface area contributed by atoms with Crippen molar-refractivity contribution in [3.63, 3.8) is 0 Å². The number of hydrogen-bond donors (Lipinski definition) is 1. The SMILES string of the molecule is O=C(NS(=O)(=O)c1ccccc1Br)c1ccc(Cn2cccn2)cc1. The monoisotopic (exact) mass is 419 g/mol. The molecule has 0 aliphatic heterocycles. The molecule has 1 heterocycles. The smallest absolute Gasteiger partial charge is 0.265 e. The van der Waals surface area contributed by atoms with Crippen LogP contribution in [0.2, 0.25) is 0 Å². The number of halogens is 1. The summed E-state index contributed by atoms with van der Waals surface area (Å²) in [7, 11) is -3.95. The van der Waals surface area contributed by atoms with Gasteiger partial charge >= 0.3 is 0 Å². The van der Waals surface area contributed by atoms with Gasteiger partial charge in [-0.05, 0) is 51.8 Å². The predicted molar refractivity (Wildman–Crippen MR) is 96.6 cm³/mol. The summed E-state index contributed by atoms with van der Waals surface area (Å²) in [5, 5.41) is 4.11. The molecule has 1 amide bonds. The zero-order chi connectivity index (χ0) is 17.9. The van der Waals surface area contributed by atoms with Crippen LogP contribution in [0.5, 0.6) is 0 Å². The number of carbonyl (C=O) groups excluding carboxylic acids is 1. The number of nitrogens with one attached hydrogen (secondary N) is 1. The van der Waals surface area contributed by atoms with Crippen LogP contribution in [0, 0.1) is 0 Å². The number of sulfonamides is 1. The highest BCUT2D eigenvalue weighted by Gasteiger charge is 2.20. The lowest BCUT2D eigenvalue weighted by Gasteiger charge is -2.09. The second-order valence-corrected chi connectivity index (χ2v) is 7.77. The fourth-order valence-corrected chi connectivity index (χ4v) is 4.22. The van der Waals surface area contributed by atoms with E-state index in [0.717, 1.165) is 5.56 Å². The molecule has 0 fully saturated rings. The molecule has 0 saturated heterocycles. The van der Waals surface area contributed by atoms with Crippen molar-refractivity contribution in [1.29, 1.82) is 0 Å². The van der Waals surface area contributed by atoms with E-state index in [1.165, 1.54) is 6.07 Å². The molecule has 1 N–H and O–H groups in total. The normalized spacial score (nSPS) is 11.2. The Kier molecular flexibility index (Phi) is 5.00. The average molecular weight is 420 g/mol. The lowest BCUT2D eigenvalue weighted by atomic mass is 10.1. The van der Waals surface area contributed by atoms with E-state index in [1.54, 1.807) is 53.3 Å². The molecule has 6 nitrogen and oxygen atoms in total. The molecule has 0 aliphatic carbocycles. The number of benzene rings is 2. The van der Waals surface area contributed by atoms with Crippen LogP contribution in [0.3, 0.4) is 0 Å². The Balaban J connectivity index is 1.74. The van der Waals surface area contributed by atoms with Gasteiger partial charge in [-0.1, -0.05) is 24.3 Å². The maximum Gasteiger partial charge on any atom is 0.265 e. The maximum atomic E-state index is 12.3. The number of carbonyl (C=O) groups is 1. The predicted octanol–water partition coefficient (Wildman–Crippen LogP) is 2.81. The van der Waals surface area contributed by atoms with E-state index in [0.29, 0.717) is 11.0 Å². The van der Waals surface area contributed by atoms with Crippen LogP contribution in [-0.4, -0.2) is 24.1 Å². The molecule has 0 unspecified atom stereocenters. The molecule has 0 aliphatic rings. The van der Waals surface area contributed by atoms with Crippen molar-refractivity contribution in [3.8, 4) is 0 Å². The highest BCUT2D eigenvalue weighted by molar-refractivity contribution is 9.10. The summed E-state index contributed by atoms with van der Waals surface area (Å²) in [5.41, 5.74) is 1.22. The summed E-state index contributed by atoms with van der Waals surface area (Å²) in [6.07, 6.45) is 3.53. The Hall–Kier alpha value is -2.45. The van der Waals surface area contributed by atoms with Crippen LogP contribution in [0.4, 0.5) is 0 Å². The van der Waals surface area contributed by atoms with Crippen LogP contribution in [0.25, 0.3) is 0 Å². The molecule has 3 aromatic rings. The van der Waals surface area contributed by atoms with Crippen LogP contribution in [-0.2, 0) is 16.6 Å². The first-order valence-corrected chi connectivity index (χ1v) is 9.61. The molecular formula is C17H14BrN3O3S. The van der Waals surface area contributed by atoms with E-state index in [2.05, 4.69) is 25.8 Å². The lowest BCUT2D eigenvalue weighted by Crippen LogP contribution is -2.30. The summed E-state index contributed by atoms with van der Waals surface area (Å²) in [5.74, 6) is -0.679. The highest BCUT2D eigenvalue weighted by Crippen LogP contribution is 2.21. The van der Waals surface area contributed by atoms with Gasteiger partial charge in [0.2, 0.25) is 0 Å². The van der Waals surface area contributed by atoms with Crippen molar-refractivity contribution in [2.45, 2.75) is 11.4 Å². The highest BCUT2D eigenvalue weighted by atomic mass is 79.9. The minimum absolute atomic E-state index is 0.0126. The van der Waals surface area contributed by atoms with Crippen LogP contribution >= 0.6 is 15.9 Å². The summed E-state index contributed by atoms with van der Waals surface area (Å²) < 4.78 is 28.9. The van der Waals surface area contributed by atoms with Gasteiger partial charge in [-0.3, -0.25) is 9.48 Å². The zero-order valence-corrected chi connectivity index (χ0v) is 15.4. The first-order chi connectivity index (χ1) is 12.0. The third kappa shape index (κ3) is 4.15. The van der Waals surface area contributed by atoms with Gasteiger partial charge in [0.25, 0.3) is 15.9 Å². The molecule has 3 rings (SSSR count).